The first kappa shape index (κ1) is 16.3. The molecule has 0 radical (unpaired) electrons. The molecule has 1 aromatic carbocycles. The first-order valence-electron chi connectivity index (χ1n) is 8.21. The van der Waals surface area contributed by atoms with Crippen LogP contribution in [0, 0.1) is 6.92 Å². The van der Waals surface area contributed by atoms with Gasteiger partial charge in [0, 0.05) is 37.9 Å². The smallest absolute Gasteiger partial charge is 0.0367 e. The number of anilines is 1. The fourth-order valence-corrected chi connectivity index (χ4v) is 3.06. The molecule has 1 fully saturated rings. The zero-order valence-electron chi connectivity index (χ0n) is 14.3. The quantitative estimate of drug-likeness (QED) is 0.868. The van der Waals surface area contributed by atoms with Gasteiger partial charge in [0.2, 0.25) is 0 Å². The number of hydrogen-bond acceptors (Lipinski definition) is 3. The molecule has 1 aliphatic heterocycles. The van der Waals surface area contributed by atoms with Crippen molar-refractivity contribution in [1.82, 2.24) is 10.2 Å². The van der Waals surface area contributed by atoms with Crippen LogP contribution in [0.5, 0.6) is 0 Å². The van der Waals surface area contributed by atoms with Crippen LogP contribution in [0.3, 0.4) is 0 Å². The van der Waals surface area contributed by atoms with Gasteiger partial charge < -0.3 is 15.1 Å². The number of aryl methyl sites for hydroxylation is 1. The van der Waals surface area contributed by atoms with Gasteiger partial charge in [-0.25, -0.2) is 0 Å². The Kier molecular flexibility index (Phi) is 5.65. The Morgan fingerprint density at radius 1 is 1.38 bits per heavy atom. The fraction of sp³-hybridized carbons (Fsp3) is 0.667. The van der Waals surface area contributed by atoms with E-state index in [2.05, 4.69) is 68.2 Å². The number of likely N-dealkylation sites (tertiary alicyclic amines) is 1. The summed E-state index contributed by atoms with van der Waals surface area (Å²) in [7, 11) is 4.46. The largest absolute Gasteiger partial charge is 0.373 e. The van der Waals surface area contributed by atoms with Gasteiger partial charge in [-0.1, -0.05) is 19.9 Å². The third-order valence-electron chi connectivity index (χ3n) is 4.62. The molecule has 3 nitrogen and oxygen atoms in total. The predicted octanol–water partition coefficient (Wildman–Crippen LogP) is 3.02. The van der Waals surface area contributed by atoms with E-state index in [9.17, 15) is 0 Å². The van der Waals surface area contributed by atoms with E-state index in [4.69, 9.17) is 0 Å². The van der Waals surface area contributed by atoms with Crippen molar-refractivity contribution in [2.45, 2.75) is 52.2 Å². The maximum Gasteiger partial charge on any atom is 0.0367 e. The van der Waals surface area contributed by atoms with Gasteiger partial charge in [-0.3, -0.25) is 0 Å². The molecule has 1 heterocycles. The van der Waals surface area contributed by atoms with Crippen LogP contribution in [-0.2, 0) is 6.54 Å². The molecule has 1 unspecified atom stereocenters. The predicted molar refractivity (Wildman–Crippen MR) is 92.1 cm³/mol. The lowest BCUT2D eigenvalue weighted by atomic mass is 10.1. The Morgan fingerprint density at radius 2 is 2.14 bits per heavy atom. The second kappa shape index (κ2) is 7.28. The van der Waals surface area contributed by atoms with Crippen molar-refractivity contribution >= 4 is 5.69 Å². The van der Waals surface area contributed by atoms with Crippen molar-refractivity contribution < 1.29 is 0 Å². The lowest BCUT2D eigenvalue weighted by Gasteiger charge is -2.28. The molecule has 0 bridgehead atoms. The first-order valence-corrected chi connectivity index (χ1v) is 8.21. The zero-order valence-corrected chi connectivity index (χ0v) is 14.3. The van der Waals surface area contributed by atoms with Gasteiger partial charge in [0.15, 0.2) is 0 Å². The Balaban J connectivity index is 1.98. The van der Waals surface area contributed by atoms with E-state index in [1.54, 1.807) is 0 Å². The molecule has 1 saturated heterocycles. The van der Waals surface area contributed by atoms with Crippen molar-refractivity contribution in [1.29, 1.82) is 0 Å². The number of benzene rings is 1. The summed E-state index contributed by atoms with van der Waals surface area (Å²) >= 11 is 0. The van der Waals surface area contributed by atoms with Crippen LogP contribution >= 0.6 is 0 Å². The van der Waals surface area contributed by atoms with Gasteiger partial charge in [0.25, 0.3) is 0 Å². The van der Waals surface area contributed by atoms with Gasteiger partial charge in [-0.05, 0) is 56.6 Å². The van der Waals surface area contributed by atoms with Crippen LogP contribution in [0.25, 0.3) is 0 Å². The molecule has 0 spiro atoms. The summed E-state index contributed by atoms with van der Waals surface area (Å²) in [5.74, 6) is 0. The lowest BCUT2D eigenvalue weighted by molar-refractivity contribution is 0.314. The number of rotatable bonds is 6. The third kappa shape index (κ3) is 4.45. The molecule has 0 aromatic heterocycles. The van der Waals surface area contributed by atoms with Crippen LogP contribution in [0.4, 0.5) is 5.69 Å². The van der Waals surface area contributed by atoms with Crippen molar-refractivity contribution in [2.75, 3.05) is 32.1 Å². The molecule has 118 valence electrons. The highest BCUT2D eigenvalue weighted by molar-refractivity contribution is 5.50. The van der Waals surface area contributed by atoms with E-state index in [0.29, 0.717) is 12.1 Å². The molecule has 2 rings (SSSR count). The highest BCUT2D eigenvalue weighted by Crippen LogP contribution is 2.22. The summed E-state index contributed by atoms with van der Waals surface area (Å²) < 4.78 is 0. The van der Waals surface area contributed by atoms with E-state index in [1.807, 2.05) is 0 Å². The SMILES string of the molecule is Cc1cc(N(C)CC2CCCN2C)ccc1CNC(C)C. The summed E-state index contributed by atoms with van der Waals surface area (Å²) in [6.07, 6.45) is 2.67. The molecule has 0 aliphatic carbocycles. The first-order chi connectivity index (χ1) is 9.97. The standard InChI is InChI=1S/C18H31N3/c1-14(2)19-12-16-8-9-17(11-15(16)3)21(5)13-18-7-6-10-20(18)4/h8-9,11,14,18-19H,6-7,10,12-13H2,1-5H3. The Morgan fingerprint density at radius 3 is 2.71 bits per heavy atom. The Hall–Kier alpha value is -1.06. The zero-order chi connectivity index (χ0) is 15.4. The summed E-state index contributed by atoms with van der Waals surface area (Å²) in [6.45, 7) is 9.93. The van der Waals surface area contributed by atoms with Crippen LogP contribution in [0.2, 0.25) is 0 Å². The van der Waals surface area contributed by atoms with Crippen molar-refractivity contribution in [3.8, 4) is 0 Å². The van der Waals surface area contributed by atoms with E-state index in [0.717, 1.165) is 13.1 Å². The summed E-state index contributed by atoms with van der Waals surface area (Å²) in [5, 5.41) is 3.50. The van der Waals surface area contributed by atoms with Gasteiger partial charge >= 0.3 is 0 Å². The van der Waals surface area contributed by atoms with Gasteiger partial charge in [0.1, 0.15) is 0 Å². The van der Waals surface area contributed by atoms with E-state index >= 15 is 0 Å². The van der Waals surface area contributed by atoms with Crippen molar-refractivity contribution in [3.05, 3.63) is 29.3 Å². The molecule has 3 heteroatoms. The Bertz CT molecular complexity index is 456. The molecule has 1 aromatic rings. The normalized spacial score (nSPS) is 19.4. The second-order valence-electron chi connectivity index (χ2n) is 6.80. The van der Waals surface area contributed by atoms with Crippen LogP contribution in [-0.4, -0.2) is 44.2 Å². The van der Waals surface area contributed by atoms with Crippen LogP contribution in [0.1, 0.15) is 37.8 Å². The molecule has 21 heavy (non-hydrogen) atoms. The summed E-state index contributed by atoms with van der Waals surface area (Å²) in [6, 6.07) is 8.10. The monoisotopic (exact) mass is 289 g/mol. The number of nitrogens with one attached hydrogen (secondary N) is 1. The maximum absolute atomic E-state index is 3.50. The minimum atomic E-state index is 0.532. The van der Waals surface area contributed by atoms with Crippen LogP contribution < -0.4 is 10.2 Å². The molecular formula is C18H31N3. The molecular weight excluding hydrogens is 258 g/mol. The molecule has 1 atom stereocenters. The fourth-order valence-electron chi connectivity index (χ4n) is 3.06. The highest BCUT2D eigenvalue weighted by Gasteiger charge is 2.22. The van der Waals surface area contributed by atoms with E-state index in [1.165, 1.54) is 36.2 Å². The average Bonchev–Trinajstić information content (AvgIpc) is 2.82. The molecule has 1 N–H and O–H groups in total. The maximum atomic E-state index is 3.50. The molecule has 1 aliphatic rings. The summed E-state index contributed by atoms with van der Waals surface area (Å²) in [5.41, 5.74) is 4.12. The minimum Gasteiger partial charge on any atom is -0.373 e. The third-order valence-corrected chi connectivity index (χ3v) is 4.62. The van der Waals surface area contributed by atoms with Gasteiger partial charge in [-0.15, -0.1) is 0 Å². The van der Waals surface area contributed by atoms with Crippen LogP contribution in [0.15, 0.2) is 18.2 Å². The number of likely N-dealkylation sites (N-methyl/N-ethyl adjacent to an activating group) is 2. The Labute approximate surface area is 130 Å². The number of hydrogen-bond donors (Lipinski definition) is 1. The van der Waals surface area contributed by atoms with Crippen molar-refractivity contribution in [3.63, 3.8) is 0 Å². The number of nitrogens with zero attached hydrogens (tertiary/aromatic N) is 2. The molecule has 0 amide bonds. The van der Waals surface area contributed by atoms with E-state index < -0.39 is 0 Å². The highest BCUT2D eigenvalue weighted by atomic mass is 15.2. The molecule has 0 saturated carbocycles. The lowest BCUT2D eigenvalue weighted by Crippen LogP contribution is -2.36. The minimum absolute atomic E-state index is 0.532. The second-order valence-corrected chi connectivity index (χ2v) is 6.80. The van der Waals surface area contributed by atoms with Gasteiger partial charge in [-0.2, -0.15) is 0 Å². The summed E-state index contributed by atoms with van der Waals surface area (Å²) in [4.78, 5) is 4.89. The van der Waals surface area contributed by atoms with Gasteiger partial charge in [0.05, 0.1) is 0 Å². The topological polar surface area (TPSA) is 18.5 Å². The van der Waals surface area contributed by atoms with E-state index in [-0.39, 0.29) is 0 Å². The average molecular weight is 289 g/mol. The van der Waals surface area contributed by atoms with Crippen molar-refractivity contribution in [2.24, 2.45) is 0 Å².